The van der Waals surface area contributed by atoms with Gasteiger partial charge in [-0.1, -0.05) is 32.0 Å². The number of hydrogen-bond donors (Lipinski definition) is 1. The van der Waals surface area contributed by atoms with E-state index in [2.05, 4.69) is 19.2 Å². The number of anilines is 1. The van der Waals surface area contributed by atoms with E-state index in [0.29, 0.717) is 0 Å². The van der Waals surface area contributed by atoms with Crippen molar-refractivity contribution in [3.05, 3.63) is 29.3 Å². The van der Waals surface area contributed by atoms with Gasteiger partial charge in [0.15, 0.2) is 0 Å². The van der Waals surface area contributed by atoms with E-state index in [4.69, 9.17) is 0 Å². The molecule has 0 spiro atoms. The molecule has 126 valence electrons. The smallest absolute Gasteiger partial charge is 0.313 e. The zero-order valence-electron chi connectivity index (χ0n) is 14.8. The molecule has 1 fully saturated rings. The fraction of sp³-hybridized carbons (Fsp3) is 0.579. The first-order chi connectivity index (χ1) is 10.8. The molecule has 0 aromatic heterocycles. The largest absolute Gasteiger partial charge is 0.329 e. The molecular formula is C19H28N2O2. The lowest BCUT2D eigenvalue weighted by Crippen LogP contribution is -2.51. The maximum absolute atomic E-state index is 12.6. The summed E-state index contributed by atoms with van der Waals surface area (Å²) in [7, 11) is 0. The van der Waals surface area contributed by atoms with Crippen LogP contribution in [0.4, 0.5) is 5.69 Å². The van der Waals surface area contributed by atoms with Crippen molar-refractivity contribution in [1.82, 2.24) is 4.90 Å². The Hall–Kier alpha value is -1.84. The maximum Gasteiger partial charge on any atom is 0.313 e. The van der Waals surface area contributed by atoms with Crippen LogP contribution in [0.25, 0.3) is 0 Å². The molecule has 0 bridgehead atoms. The molecule has 2 amide bonds. The predicted octanol–water partition coefficient (Wildman–Crippen LogP) is 3.85. The molecule has 1 saturated heterocycles. The number of carbonyl (C=O) groups is 2. The lowest BCUT2D eigenvalue weighted by Gasteiger charge is -2.38. The Morgan fingerprint density at radius 1 is 1.17 bits per heavy atom. The summed E-state index contributed by atoms with van der Waals surface area (Å²) in [6.07, 6.45) is 3.04. The third kappa shape index (κ3) is 3.74. The van der Waals surface area contributed by atoms with Gasteiger partial charge in [-0.3, -0.25) is 9.59 Å². The summed E-state index contributed by atoms with van der Waals surface area (Å²) in [6.45, 7) is 10.2. The van der Waals surface area contributed by atoms with Crippen LogP contribution in [0, 0.1) is 6.92 Å². The number of aryl methyl sites for hydroxylation is 1. The fourth-order valence-electron chi connectivity index (χ4n) is 3.45. The predicted molar refractivity (Wildman–Crippen MR) is 93.5 cm³/mol. The van der Waals surface area contributed by atoms with Gasteiger partial charge >= 0.3 is 11.8 Å². The van der Waals surface area contributed by atoms with Crippen LogP contribution < -0.4 is 5.32 Å². The fourth-order valence-corrected chi connectivity index (χ4v) is 3.45. The Morgan fingerprint density at radius 3 is 2.35 bits per heavy atom. The number of hydrogen-bond acceptors (Lipinski definition) is 2. The number of nitrogens with one attached hydrogen (secondary N) is 1. The molecule has 0 radical (unpaired) electrons. The molecule has 1 aromatic rings. The summed E-state index contributed by atoms with van der Waals surface area (Å²) < 4.78 is 0. The summed E-state index contributed by atoms with van der Waals surface area (Å²) >= 11 is 0. The Labute approximate surface area is 139 Å². The zero-order valence-corrected chi connectivity index (χ0v) is 14.8. The van der Waals surface area contributed by atoms with E-state index < -0.39 is 11.8 Å². The molecule has 4 nitrogen and oxygen atoms in total. The summed E-state index contributed by atoms with van der Waals surface area (Å²) in [6, 6.07) is 6.19. The molecule has 2 atom stereocenters. The summed E-state index contributed by atoms with van der Waals surface area (Å²) in [5.41, 5.74) is 2.82. The normalized spacial score (nSPS) is 21.4. The van der Waals surface area contributed by atoms with E-state index in [1.165, 1.54) is 0 Å². The highest BCUT2D eigenvalue weighted by molar-refractivity contribution is 6.39. The van der Waals surface area contributed by atoms with E-state index in [9.17, 15) is 9.59 Å². The summed E-state index contributed by atoms with van der Waals surface area (Å²) in [5.74, 6) is -0.655. The van der Waals surface area contributed by atoms with Gasteiger partial charge in [-0.05, 0) is 57.1 Å². The van der Waals surface area contributed by atoms with Crippen molar-refractivity contribution in [2.75, 3.05) is 5.32 Å². The first-order valence-corrected chi connectivity index (χ1v) is 8.56. The minimum Gasteiger partial charge on any atom is -0.329 e. The third-order valence-corrected chi connectivity index (χ3v) is 4.79. The van der Waals surface area contributed by atoms with Gasteiger partial charge in [0.2, 0.25) is 0 Å². The number of para-hydroxylation sites is 1. The number of piperidine rings is 1. The summed E-state index contributed by atoms with van der Waals surface area (Å²) in [5, 5.41) is 2.87. The molecule has 1 aliphatic rings. The average Bonchev–Trinajstić information content (AvgIpc) is 2.48. The highest BCUT2D eigenvalue weighted by atomic mass is 16.2. The zero-order chi connectivity index (χ0) is 17.1. The van der Waals surface area contributed by atoms with Crippen LogP contribution in [0.2, 0.25) is 0 Å². The van der Waals surface area contributed by atoms with E-state index in [1.807, 2.05) is 39.0 Å². The van der Waals surface area contributed by atoms with E-state index >= 15 is 0 Å². The molecule has 1 aromatic carbocycles. The molecule has 1 aliphatic heterocycles. The number of nitrogens with zero attached hydrogens (tertiary/aromatic N) is 1. The van der Waals surface area contributed by atoms with Gasteiger partial charge < -0.3 is 10.2 Å². The van der Waals surface area contributed by atoms with Crippen molar-refractivity contribution < 1.29 is 9.59 Å². The molecular weight excluding hydrogens is 288 g/mol. The molecule has 2 unspecified atom stereocenters. The minimum absolute atomic E-state index is 0.124. The first kappa shape index (κ1) is 17.5. The SMILES string of the molecule is Cc1cccc(C(C)C)c1NC(=O)C(=O)N1C(C)CCCC1C. The quantitative estimate of drug-likeness (QED) is 0.843. The number of likely N-dealkylation sites (tertiary alicyclic amines) is 1. The average molecular weight is 316 g/mol. The lowest BCUT2D eigenvalue weighted by molar-refractivity contribution is -0.147. The Balaban J connectivity index is 2.21. The van der Waals surface area contributed by atoms with E-state index in [0.717, 1.165) is 36.1 Å². The lowest BCUT2D eigenvalue weighted by atomic mass is 9.97. The maximum atomic E-state index is 12.6. The highest BCUT2D eigenvalue weighted by Crippen LogP contribution is 2.28. The van der Waals surface area contributed by atoms with Gasteiger partial charge in [-0.15, -0.1) is 0 Å². The molecule has 0 aliphatic carbocycles. The number of benzene rings is 1. The Morgan fingerprint density at radius 2 is 1.78 bits per heavy atom. The number of amides is 2. The van der Waals surface area contributed by atoms with Crippen LogP contribution in [0.15, 0.2) is 18.2 Å². The molecule has 1 N–H and O–H groups in total. The van der Waals surface area contributed by atoms with Gasteiger partial charge in [-0.25, -0.2) is 0 Å². The van der Waals surface area contributed by atoms with Crippen molar-refractivity contribution in [3.63, 3.8) is 0 Å². The monoisotopic (exact) mass is 316 g/mol. The molecule has 23 heavy (non-hydrogen) atoms. The minimum atomic E-state index is -0.526. The van der Waals surface area contributed by atoms with Crippen LogP contribution in [-0.4, -0.2) is 28.8 Å². The second-order valence-corrected chi connectivity index (χ2v) is 6.99. The van der Waals surface area contributed by atoms with Crippen LogP contribution in [0.3, 0.4) is 0 Å². The molecule has 1 heterocycles. The Bertz CT molecular complexity index is 585. The van der Waals surface area contributed by atoms with Crippen molar-refractivity contribution in [1.29, 1.82) is 0 Å². The highest BCUT2D eigenvalue weighted by Gasteiger charge is 2.33. The van der Waals surface area contributed by atoms with Crippen molar-refractivity contribution in [2.24, 2.45) is 0 Å². The second kappa shape index (κ2) is 7.16. The molecule has 2 rings (SSSR count). The van der Waals surface area contributed by atoms with Crippen LogP contribution in [-0.2, 0) is 9.59 Å². The van der Waals surface area contributed by atoms with Gasteiger partial charge in [0, 0.05) is 17.8 Å². The van der Waals surface area contributed by atoms with Gasteiger partial charge in [0.05, 0.1) is 0 Å². The van der Waals surface area contributed by atoms with Gasteiger partial charge in [0.1, 0.15) is 0 Å². The van der Waals surface area contributed by atoms with Gasteiger partial charge in [0.25, 0.3) is 0 Å². The van der Waals surface area contributed by atoms with Crippen molar-refractivity contribution in [3.8, 4) is 0 Å². The van der Waals surface area contributed by atoms with E-state index in [-0.39, 0.29) is 18.0 Å². The molecule has 0 saturated carbocycles. The Kier molecular flexibility index (Phi) is 5.45. The number of rotatable bonds is 2. The van der Waals surface area contributed by atoms with Crippen LogP contribution >= 0.6 is 0 Å². The molecule has 4 heteroatoms. The van der Waals surface area contributed by atoms with Crippen LogP contribution in [0.5, 0.6) is 0 Å². The van der Waals surface area contributed by atoms with Crippen molar-refractivity contribution in [2.45, 2.75) is 71.9 Å². The number of carbonyl (C=O) groups excluding carboxylic acids is 2. The second-order valence-electron chi connectivity index (χ2n) is 6.99. The third-order valence-electron chi connectivity index (χ3n) is 4.79. The standard InChI is InChI=1S/C19H28N2O2/c1-12(2)16-11-6-8-13(3)17(16)20-18(22)19(23)21-14(4)9-7-10-15(21)5/h6,8,11-12,14-15H,7,9-10H2,1-5H3,(H,20,22). The van der Waals surface area contributed by atoms with Crippen LogP contribution in [0.1, 0.15) is 64.0 Å². The van der Waals surface area contributed by atoms with Gasteiger partial charge in [-0.2, -0.15) is 0 Å². The topological polar surface area (TPSA) is 49.4 Å². The van der Waals surface area contributed by atoms with E-state index in [1.54, 1.807) is 4.90 Å². The van der Waals surface area contributed by atoms with Crippen molar-refractivity contribution >= 4 is 17.5 Å². The summed E-state index contributed by atoms with van der Waals surface area (Å²) in [4.78, 5) is 26.9. The first-order valence-electron chi connectivity index (χ1n) is 8.56.